The third-order valence-corrected chi connectivity index (χ3v) is 3.08. The Morgan fingerprint density at radius 1 is 1.44 bits per heavy atom. The quantitative estimate of drug-likeness (QED) is 0.774. The normalized spacial score (nSPS) is 18.2. The summed E-state index contributed by atoms with van der Waals surface area (Å²) in [6, 6.07) is 0. The molecule has 1 heterocycles. The molecule has 0 spiro atoms. The van der Waals surface area contributed by atoms with Crippen LogP contribution in [0.5, 0.6) is 0 Å². The lowest BCUT2D eigenvalue weighted by atomic mass is 9.96. The van der Waals surface area contributed by atoms with Gasteiger partial charge in [0.2, 0.25) is 5.91 Å². The van der Waals surface area contributed by atoms with Gasteiger partial charge in [0.15, 0.2) is 0 Å². The van der Waals surface area contributed by atoms with Gasteiger partial charge in [-0.1, -0.05) is 13.0 Å². The monoisotopic (exact) mass is 246 g/mol. The number of carbonyl (C=O) groups is 1. The van der Waals surface area contributed by atoms with E-state index in [1.54, 1.807) is 0 Å². The first-order valence-electron chi connectivity index (χ1n) is 5.85. The Bertz CT molecular complexity index is 245. The van der Waals surface area contributed by atoms with Gasteiger partial charge in [-0.3, -0.25) is 4.79 Å². The van der Waals surface area contributed by atoms with Crippen molar-refractivity contribution in [3.63, 3.8) is 0 Å². The second kappa shape index (κ2) is 7.69. The molecule has 94 valence electrons. The van der Waals surface area contributed by atoms with E-state index in [1.807, 2.05) is 17.9 Å². The minimum atomic E-state index is 0. The largest absolute Gasteiger partial charge is 0.339 e. The SMILES string of the molecule is CC/C=C(/C)C(=O)N1CCC(CN)CC1.Cl. The molecule has 0 unspecified atom stereocenters. The van der Waals surface area contributed by atoms with Crippen LogP contribution in [0.1, 0.15) is 33.1 Å². The maximum atomic E-state index is 11.9. The summed E-state index contributed by atoms with van der Waals surface area (Å²) in [6.45, 7) is 6.45. The fraction of sp³-hybridized carbons (Fsp3) is 0.750. The highest BCUT2D eigenvalue weighted by atomic mass is 35.5. The highest BCUT2D eigenvalue weighted by molar-refractivity contribution is 5.92. The molecule has 2 N–H and O–H groups in total. The average molecular weight is 247 g/mol. The van der Waals surface area contributed by atoms with E-state index in [1.165, 1.54) is 0 Å². The summed E-state index contributed by atoms with van der Waals surface area (Å²) in [5.74, 6) is 0.817. The summed E-state index contributed by atoms with van der Waals surface area (Å²) < 4.78 is 0. The summed E-state index contributed by atoms with van der Waals surface area (Å²) in [4.78, 5) is 13.9. The second-order valence-electron chi connectivity index (χ2n) is 4.27. The fourth-order valence-corrected chi connectivity index (χ4v) is 2.01. The standard InChI is InChI=1S/C12H22N2O.ClH/c1-3-4-10(2)12(15)14-7-5-11(9-13)6-8-14;/h4,11H,3,5-9,13H2,1-2H3;1H/b10-4-;. The zero-order chi connectivity index (χ0) is 11.3. The number of rotatable bonds is 3. The van der Waals surface area contributed by atoms with Gasteiger partial charge in [-0.2, -0.15) is 0 Å². The van der Waals surface area contributed by atoms with Crippen LogP contribution in [0.4, 0.5) is 0 Å². The molecule has 1 aliphatic heterocycles. The van der Waals surface area contributed by atoms with Crippen LogP contribution in [0.15, 0.2) is 11.6 Å². The van der Waals surface area contributed by atoms with Gasteiger partial charge in [0, 0.05) is 18.7 Å². The molecule has 1 saturated heterocycles. The van der Waals surface area contributed by atoms with Crippen LogP contribution in [-0.4, -0.2) is 30.4 Å². The molecule has 0 bridgehead atoms. The van der Waals surface area contributed by atoms with E-state index in [4.69, 9.17) is 5.73 Å². The van der Waals surface area contributed by atoms with E-state index in [0.717, 1.165) is 44.5 Å². The van der Waals surface area contributed by atoms with Gasteiger partial charge < -0.3 is 10.6 Å². The molecule has 1 rings (SSSR count). The molecule has 1 aliphatic rings. The zero-order valence-electron chi connectivity index (χ0n) is 10.2. The molecule has 4 heteroatoms. The van der Waals surface area contributed by atoms with Crippen molar-refractivity contribution in [2.45, 2.75) is 33.1 Å². The van der Waals surface area contributed by atoms with Gasteiger partial charge in [-0.05, 0) is 38.6 Å². The third-order valence-electron chi connectivity index (χ3n) is 3.08. The second-order valence-corrected chi connectivity index (χ2v) is 4.27. The maximum Gasteiger partial charge on any atom is 0.249 e. The fourth-order valence-electron chi connectivity index (χ4n) is 2.01. The summed E-state index contributed by atoms with van der Waals surface area (Å²) in [6.07, 6.45) is 5.04. The molecule has 1 amide bonds. The van der Waals surface area contributed by atoms with Crippen molar-refractivity contribution >= 4 is 18.3 Å². The molecular weight excluding hydrogens is 224 g/mol. The van der Waals surface area contributed by atoms with Crippen LogP contribution in [0.25, 0.3) is 0 Å². The molecule has 0 aromatic rings. The van der Waals surface area contributed by atoms with Crippen LogP contribution < -0.4 is 5.73 Å². The lowest BCUT2D eigenvalue weighted by Crippen LogP contribution is -2.40. The number of hydrogen-bond donors (Lipinski definition) is 1. The minimum Gasteiger partial charge on any atom is -0.339 e. The van der Waals surface area contributed by atoms with Crippen molar-refractivity contribution in [3.8, 4) is 0 Å². The van der Waals surface area contributed by atoms with E-state index in [-0.39, 0.29) is 18.3 Å². The Hall–Kier alpha value is -0.540. The molecule has 1 fully saturated rings. The number of piperidine rings is 1. The first-order valence-corrected chi connectivity index (χ1v) is 5.85. The van der Waals surface area contributed by atoms with Gasteiger partial charge in [0.25, 0.3) is 0 Å². The number of allylic oxidation sites excluding steroid dienone is 1. The number of halogens is 1. The number of amides is 1. The Morgan fingerprint density at radius 2 is 2.00 bits per heavy atom. The van der Waals surface area contributed by atoms with E-state index in [0.29, 0.717) is 5.92 Å². The van der Waals surface area contributed by atoms with Gasteiger partial charge in [0.1, 0.15) is 0 Å². The molecule has 0 aromatic heterocycles. The Balaban J connectivity index is 0.00000225. The molecule has 0 atom stereocenters. The minimum absolute atomic E-state index is 0. The van der Waals surface area contributed by atoms with Crippen LogP contribution in [-0.2, 0) is 4.79 Å². The number of hydrogen-bond acceptors (Lipinski definition) is 2. The highest BCUT2D eigenvalue weighted by Crippen LogP contribution is 2.17. The lowest BCUT2D eigenvalue weighted by molar-refractivity contribution is -0.128. The lowest BCUT2D eigenvalue weighted by Gasteiger charge is -2.31. The summed E-state index contributed by atoms with van der Waals surface area (Å²) >= 11 is 0. The topological polar surface area (TPSA) is 46.3 Å². The average Bonchev–Trinajstić information content (AvgIpc) is 2.28. The van der Waals surface area contributed by atoms with Crippen molar-refractivity contribution in [1.82, 2.24) is 4.90 Å². The molecule has 3 nitrogen and oxygen atoms in total. The Morgan fingerprint density at radius 3 is 2.44 bits per heavy atom. The predicted octanol–water partition coefficient (Wildman–Crippen LogP) is 1.96. The molecule has 0 radical (unpaired) electrons. The van der Waals surface area contributed by atoms with Crippen molar-refractivity contribution in [3.05, 3.63) is 11.6 Å². The van der Waals surface area contributed by atoms with Gasteiger partial charge in [0.05, 0.1) is 0 Å². The van der Waals surface area contributed by atoms with Gasteiger partial charge in [-0.25, -0.2) is 0 Å². The molecule has 0 aliphatic carbocycles. The molecule has 16 heavy (non-hydrogen) atoms. The number of carbonyl (C=O) groups excluding carboxylic acids is 1. The summed E-state index contributed by atoms with van der Waals surface area (Å²) in [5, 5.41) is 0. The van der Waals surface area contributed by atoms with Crippen molar-refractivity contribution in [2.75, 3.05) is 19.6 Å². The summed E-state index contributed by atoms with van der Waals surface area (Å²) in [5.41, 5.74) is 6.50. The number of likely N-dealkylation sites (tertiary alicyclic amines) is 1. The molecular formula is C12H23ClN2O. The Kier molecular flexibility index (Phi) is 7.43. The third kappa shape index (κ3) is 4.14. The van der Waals surface area contributed by atoms with E-state index < -0.39 is 0 Å². The maximum absolute atomic E-state index is 11.9. The van der Waals surface area contributed by atoms with E-state index in [2.05, 4.69) is 6.92 Å². The van der Waals surface area contributed by atoms with Crippen molar-refractivity contribution in [2.24, 2.45) is 11.7 Å². The summed E-state index contributed by atoms with van der Waals surface area (Å²) in [7, 11) is 0. The van der Waals surface area contributed by atoms with Crippen LogP contribution >= 0.6 is 12.4 Å². The first kappa shape index (κ1) is 15.5. The van der Waals surface area contributed by atoms with Crippen LogP contribution in [0.2, 0.25) is 0 Å². The number of nitrogens with two attached hydrogens (primary N) is 1. The molecule has 0 saturated carbocycles. The molecule has 0 aromatic carbocycles. The van der Waals surface area contributed by atoms with Crippen molar-refractivity contribution < 1.29 is 4.79 Å². The zero-order valence-corrected chi connectivity index (χ0v) is 11.1. The van der Waals surface area contributed by atoms with Gasteiger partial charge >= 0.3 is 0 Å². The van der Waals surface area contributed by atoms with Gasteiger partial charge in [-0.15, -0.1) is 12.4 Å². The smallest absolute Gasteiger partial charge is 0.249 e. The number of nitrogens with zero attached hydrogens (tertiary/aromatic N) is 1. The predicted molar refractivity (Wildman–Crippen MR) is 69.7 cm³/mol. The van der Waals surface area contributed by atoms with E-state index in [9.17, 15) is 4.79 Å². The van der Waals surface area contributed by atoms with Crippen LogP contribution in [0.3, 0.4) is 0 Å². The van der Waals surface area contributed by atoms with E-state index >= 15 is 0 Å². The highest BCUT2D eigenvalue weighted by Gasteiger charge is 2.22. The van der Waals surface area contributed by atoms with Crippen molar-refractivity contribution in [1.29, 1.82) is 0 Å². The van der Waals surface area contributed by atoms with Crippen LogP contribution in [0, 0.1) is 5.92 Å². The Labute approximate surface area is 104 Å². The first-order chi connectivity index (χ1) is 7.19.